The zero-order chi connectivity index (χ0) is 17.6. The van der Waals surface area contributed by atoms with Crippen molar-refractivity contribution >= 4 is 12.4 Å². The van der Waals surface area contributed by atoms with E-state index in [1.54, 1.807) is 20.8 Å². The van der Waals surface area contributed by atoms with E-state index >= 15 is 0 Å². The Morgan fingerprint density at radius 3 is 1.79 bits per heavy atom. The van der Waals surface area contributed by atoms with Crippen molar-refractivity contribution in [2.24, 2.45) is 0 Å². The third-order valence-electron chi connectivity index (χ3n) is 3.69. The number of hydrogen-bond donors (Lipinski definition) is 1. The van der Waals surface area contributed by atoms with Crippen LogP contribution < -0.4 is 5.32 Å². The van der Waals surface area contributed by atoms with Gasteiger partial charge in [-0.15, -0.1) is 0 Å². The Hall–Kier alpha value is -2.62. The molecule has 2 rings (SSSR count). The topological polar surface area (TPSA) is 55.4 Å². The highest BCUT2D eigenvalue weighted by Gasteiger charge is 2.35. The molecule has 0 aliphatic heterocycles. The van der Waals surface area contributed by atoms with Crippen LogP contribution >= 0.6 is 0 Å². The molecule has 0 fully saturated rings. The molecule has 0 aliphatic carbocycles. The smallest absolute Gasteiger partial charge is 0.407 e. The second-order valence-electron chi connectivity index (χ2n) is 6.68. The highest BCUT2D eigenvalue weighted by Crippen LogP contribution is 2.30. The number of aldehydes is 1. The van der Waals surface area contributed by atoms with E-state index in [4.69, 9.17) is 4.74 Å². The second kappa shape index (κ2) is 7.30. The average Bonchev–Trinajstić information content (AvgIpc) is 2.56. The quantitative estimate of drug-likeness (QED) is 0.853. The maximum Gasteiger partial charge on any atom is 0.407 e. The highest BCUT2D eigenvalue weighted by molar-refractivity contribution is 5.77. The minimum atomic E-state index is -0.959. The summed E-state index contributed by atoms with van der Waals surface area (Å²) in [6.45, 7) is 5.52. The number of amides is 1. The van der Waals surface area contributed by atoms with Crippen molar-refractivity contribution in [2.45, 2.75) is 31.8 Å². The SMILES string of the molecule is CC(C)(C)OC(=O)NCC(C=O)(c1ccccc1)c1ccccc1. The summed E-state index contributed by atoms with van der Waals surface area (Å²) in [5.74, 6) is 0. The molecule has 0 unspecified atom stereocenters. The molecule has 0 heterocycles. The second-order valence-corrected chi connectivity index (χ2v) is 6.68. The van der Waals surface area contributed by atoms with Gasteiger partial charge in [0.05, 0.1) is 5.41 Å². The Labute approximate surface area is 142 Å². The van der Waals surface area contributed by atoms with Gasteiger partial charge in [-0.05, 0) is 31.9 Å². The fourth-order valence-corrected chi connectivity index (χ4v) is 2.55. The van der Waals surface area contributed by atoms with E-state index in [1.165, 1.54) is 0 Å². The first-order chi connectivity index (χ1) is 11.4. The lowest BCUT2D eigenvalue weighted by atomic mass is 9.75. The first-order valence-electron chi connectivity index (χ1n) is 7.92. The van der Waals surface area contributed by atoms with Crippen molar-refractivity contribution in [3.8, 4) is 0 Å². The minimum absolute atomic E-state index is 0.124. The van der Waals surface area contributed by atoms with Crippen LogP contribution in [0.1, 0.15) is 31.9 Å². The summed E-state index contributed by atoms with van der Waals surface area (Å²) in [4.78, 5) is 24.2. The molecule has 0 atom stereocenters. The Bertz CT molecular complexity index is 636. The average molecular weight is 325 g/mol. The molecule has 4 nitrogen and oxygen atoms in total. The molecule has 0 spiro atoms. The predicted molar refractivity (Wildman–Crippen MR) is 94.0 cm³/mol. The molecule has 0 saturated heterocycles. The molecular weight excluding hydrogens is 302 g/mol. The summed E-state index contributed by atoms with van der Waals surface area (Å²) >= 11 is 0. The van der Waals surface area contributed by atoms with Crippen molar-refractivity contribution in [2.75, 3.05) is 6.54 Å². The van der Waals surface area contributed by atoms with Crippen molar-refractivity contribution in [3.05, 3.63) is 71.8 Å². The van der Waals surface area contributed by atoms with Crippen LogP contribution in [0.4, 0.5) is 4.79 Å². The summed E-state index contributed by atoms with van der Waals surface area (Å²) in [6.07, 6.45) is 0.343. The van der Waals surface area contributed by atoms with Gasteiger partial charge in [-0.1, -0.05) is 60.7 Å². The van der Waals surface area contributed by atoms with Gasteiger partial charge in [0.1, 0.15) is 11.9 Å². The molecule has 0 saturated carbocycles. The molecular formula is C20H23NO3. The number of benzene rings is 2. The van der Waals surface area contributed by atoms with E-state index in [0.29, 0.717) is 0 Å². The maximum absolute atomic E-state index is 12.1. The van der Waals surface area contributed by atoms with Gasteiger partial charge in [0.25, 0.3) is 0 Å². The van der Waals surface area contributed by atoms with Crippen molar-refractivity contribution in [1.29, 1.82) is 0 Å². The third kappa shape index (κ3) is 4.22. The number of alkyl carbamates (subject to hydrolysis) is 1. The molecule has 0 radical (unpaired) electrons. The van der Waals surface area contributed by atoms with Crippen molar-refractivity contribution < 1.29 is 14.3 Å². The van der Waals surface area contributed by atoms with Crippen LogP contribution in [0.3, 0.4) is 0 Å². The Morgan fingerprint density at radius 1 is 0.958 bits per heavy atom. The molecule has 126 valence electrons. The van der Waals surface area contributed by atoms with Crippen LogP contribution in [0.15, 0.2) is 60.7 Å². The Kier molecular flexibility index (Phi) is 5.39. The Balaban J connectivity index is 2.34. The van der Waals surface area contributed by atoms with Gasteiger partial charge in [0, 0.05) is 6.54 Å². The van der Waals surface area contributed by atoms with Gasteiger partial charge >= 0.3 is 6.09 Å². The van der Waals surface area contributed by atoms with E-state index in [-0.39, 0.29) is 6.54 Å². The normalized spacial score (nSPS) is 11.6. The van der Waals surface area contributed by atoms with Gasteiger partial charge in [-0.3, -0.25) is 0 Å². The van der Waals surface area contributed by atoms with Gasteiger partial charge in [0.15, 0.2) is 0 Å². The lowest BCUT2D eigenvalue weighted by Crippen LogP contribution is -2.44. The zero-order valence-corrected chi connectivity index (χ0v) is 14.3. The van der Waals surface area contributed by atoms with Crippen LogP contribution in [-0.2, 0) is 14.9 Å². The van der Waals surface area contributed by atoms with E-state index in [0.717, 1.165) is 17.4 Å². The molecule has 2 aromatic carbocycles. The third-order valence-corrected chi connectivity index (χ3v) is 3.69. The standard InChI is InChI=1S/C20H23NO3/c1-19(2,3)24-18(23)21-14-20(15-22,16-10-6-4-7-11-16)17-12-8-5-9-13-17/h4-13,15H,14H2,1-3H3,(H,21,23). The molecule has 2 aromatic rings. The van der Waals surface area contributed by atoms with Crippen molar-refractivity contribution in [3.63, 3.8) is 0 Å². The monoisotopic (exact) mass is 325 g/mol. The summed E-state index contributed by atoms with van der Waals surface area (Å²) in [6, 6.07) is 18.9. The van der Waals surface area contributed by atoms with E-state index < -0.39 is 17.1 Å². The summed E-state index contributed by atoms with van der Waals surface area (Å²) < 4.78 is 5.28. The Morgan fingerprint density at radius 2 is 1.42 bits per heavy atom. The molecule has 0 aromatic heterocycles. The first kappa shape index (κ1) is 17.7. The largest absolute Gasteiger partial charge is 0.444 e. The van der Waals surface area contributed by atoms with Gasteiger partial charge in [0.2, 0.25) is 0 Å². The minimum Gasteiger partial charge on any atom is -0.444 e. The lowest BCUT2D eigenvalue weighted by molar-refractivity contribution is -0.111. The first-order valence-corrected chi connectivity index (χ1v) is 7.92. The van der Waals surface area contributed by atoms with Crippen LogP contribution in [0, 0.1) is 0 Å². The predicted octanol–water partition coefficient (Wildman–Crippen LogP) is 3.70. The summed E-state index contributed by atoms with van der Waals surface area (Å²) in [7, 11) is 0. The summed E-state index contributed by atoms with van der Waals surface area (Å²) in [5, 5.41) is 2.74. The molecule has 4 heteroatoms. The van der Waals surface area contributed by atoms with Crippen molar-refractivity contribution in [1.82, 2.24) is 5.32 Å². The number of nitrogens with one attached hydrogen (secondary N) is 1. The molecule has 1 amide bonds. The number of ether oxygens (including phenoxy) is 1. The summed E-state index contributed by atoms with van der Waals surface area (Å²) in [5.41, 5.74) is 0.0943. The van der Waals surface area contributed by atoms with Gasteiger partial charge < -0.3 is 14.8 Å². The van der Waals surface area contributed by atoms with Crippen LogP contribution in [0.2, 0.25) is 0 Å². The molecule has 0 bridgehead atoms. The lowest BCUT2D eigenvalue weighted by Gasteiger charge is -2.30. The van der Waals surface area contributed by atoms with Crippen LogP contribution in [0.5, 0.6) is 0 Å². The number of carbonyl (C=O) groups excluding carboxylic acids is 2. The van der Waals surface area contributed by atoms with Crippen LogP contribution in [0.25, 0.3) is 0 Å². The van der Waals surface area contributed by atoms with Crippen LogP contribution in [-0.4, -0.2) is 24.5 Å². The van der Waals surface area contributed by atoms with E-state index in [1.807, 2.05) is 60.7 Å². The molecule has 0 aliphatic rings. The van der Waals surface area contributed by atoms with E-state index in [9.17, 15) is 9.59 Å². The fourth-order valence-electron chi connectivity index (χ4n) is 2.55. The molecule has 1 N–H and O–H groups in total. The zero-order valence-electron chi connectivity index (χ0n) is 14.3. The van der Waals surface area contributed by atoms with Gasteiger partial charge in [-0.2, -0.15) is 0 Å². The highest BCUT2D eigenvalue weighted by atomic mass is 16.6. The molecule has 24 heavy (non-hydrogen) atoms. The van der Waals surface area contributed by atoms with E-state index in [2.05, 4.69) is 5.32 Å². The fraction of sp³-hybridized carbons (Fsp3) is 0.300. The number of carbonyl (C=O) groups is 2. The van der Waals surface area contributed by atoms with Gasteiger partial charge in [-0.25, -0.2) is 4.79 Å². The number of hydrogen-bond acceptors (Lipinski definition) is 3. The maximum atomic E-state index is 12.1. The number of rotatable bonds is 5.